The van der Waals surface area contributed by atoms with Crippen LogP contribution in [0, 0.1) is 0 Å². The first-order valence-electron chi connectivity index (χ1n) is 8.04. The molecule has 0 saturated heterocycles. The van der Waals surface area contributed by atoms with Crippen molar-refractivity contribution < 1.29 is 0 Å². The highest BCUT2D eigenvalue weighted by atomic mass is 32.1. The lowest BCUT2D eigenvalue weighted by Gasteiger charge is -2.23. The molecule has 0 radical (unpaired) electrons. The van der Waals surface area contributed by atoms with Gasteiger partial charge in [0.2, 0.25) is 5.95 Å². The highest BCUT2D eigenvalue weighted by Crippen LogP contribution is 2.40. The Bertz CT molecular complexity index is 1110. The molecule has 1 N–H and O–H groups in total. The molecule has 0 aliphatic carbocycles. The summed E-state index contributed by atoms with van der Waals surface area (Å²) in [5.74, 6) is 0.633. The van der Waals surface area contributed by atoms with E-state index in [0.29, 0.717) is 12.5 Å². The summed E-state index contributed by atoms with van der Waals surface area (Å²) in [5.41, 5.74) is 2.69. The summed E-state index contributed by atoms with van der Waals surface area (Å²) in [7, 11) is 0. The molecule has 0 saturated carbocycles. The van der Waals surface area contributed by atoms with Gasteiger partial charge in [0.15, 0.2) is 5.43 Å². The second kappa shape index (κ2) is 5.53. The number of nitrogens with one attached hydrogen (secondary N) is 1. The molecule has 4 aromatic rings. The Morgan fingerprint density at radius 3 is 2.72 bits per heavy atom. The van der Waals surface area contributed by atoms with Gasteiger partial charge >= 0.3 is 0 Å². The lowest BCUT2D eigenvalue weighted by Crippen LogP contribution is -2.24. The number of benzene rings is 1. The van der Waals surface area contributed by atoms with Gasteiger partial charge in [-0.1, -0.05) is 18.2 Å². The molecule has 5 nitrogen and oxygen atoms in total. The average Bonchev–Trinajstić information content (AvgIpc) is 3.30. The molecule has 122 valence electrons. The molecule has 0 fully saturated rings. The van der Waals surface area contributed by atoms with Crippen molar-refractivity contribution in [3.63, 3.8) is 0 Å². The molecule has 0 bridgehead atoms. The summed E-state index contributed by atoms with van der Waals surface area (Å²) in [4.78, 5) is 28.6. The number of nitrogens with zero attached hydrogens (tertiary/aromatic N) is 3. The maximum atomic E-state index is 13.0. The molecule has 0 amide bonds. The Kier molecular flexibility index (Phi) is 3.18. The summed E-state index contributed by atoms with van der Waals surface area (Å²) in [6.07, 6.45) is 3.46. The second-order valence-electron chi connectivity index (χ2n) is 5.99. The van der Waals surface area contributed by atoms with Crippen LogP contribution in [0.2, 0.25) is 0 Å². The lowest BCUT2D eigenvalue weighted by molar-refractivity contribution is 0.738. The SMILES string of the molecule is O=c1c2c([nH]c3ccccc13)C(c1cccs1)N(c1ncccn1)C2. The number of rotatable bonds is 2. The van der Waals surface area contributed by atoms with E-state index in [4.69, 9.17) is 0 Å². The van der Waals surface area contributed by atoms with Crippen LogP contribution in [0.1, 0.15) is 22.2 Å². The van der Waals surface area contributed by atoms with Crippen molar-refractivity contribution in [2.75, 3.05) is 4.90 Å². The van der Waals surface area contributed by atoms with Crippen molar-refractivity contribution in [3.8, 4) is 0 Å². The Labute approximate surface area is 147 Å². The summed E-state index contributed by atoms with van der Waals surface area (Å²) in [6, 6.07) is 13.5. The van der Waals surface area contributed by atoms with Crippen LogP contribution < -0.4 is 10.3 Å². The summed E-state index contributed by atoms with van der Waals surface area (Å²) in [5, 5.41) is 2.78. The fourth-order valence-corrected chi connectivity index (χ4v) is 4.32. The number of pyridine rings is 1. The highest BCUT2D eigenvalue weighted by molar-refractivity contribution is 7.10. The van der Waals surface area contributed by atoms with E-state index in [-0.39, 0.29) is 11.5 Å². The van der Waals surface area contributed by atoms with Gasteiger partial charge in [0.1, 0.15) is 6.04 Å². The summed E-state index contributed by atoms with van der Waals surface area (Å²) in [6.45, 7) is 0.502. The van der Waals surface area contributed by atoms with Gasteiger partial charge in [0.25, 0.3) is 0 Å². The van der Waals surface area contributed by atoms with E-state index in [1.54, 1.807) is 29.8 Å². The van der Waals surface area contributed by atoms with Gasteiger partial charge in [-0.15, -0.1) is 11.3 Å². The highest BCUT2D eigenvalue weighted by Gasteiger charge is 2.36. The molecule has 5 rings (SSSR count). The third-order valence-corrected chi connectivity index (χ3v) is 5.50. The van der Waals surface area contributed by atoms with Crippen LogP contribution in [-0.4, -0.2) is 15.0 Å². The Balaban J connectivity index is 1.77. The fraction of sp³-hybridized carbons (Fsp3) is 0.105. The number of para-hydroxylation sites is 1. The van der Waals surface area contributed by atoms with Crippen LogP contribution in [0.5, 0.6) is 0 Å². The molecular formula is C19H14N4OS. The predicted octanol–water partition coefficient (Wildman–Crippen LogP) is 3.49. The van der Waals surface area contributed by atoms with Crippen LogP contribution in [0.4, 0.5) is 5.95 Å². The standard InChI is InChI=1S/C19H14N4OS/c24-18-12-5-1-2-6-14(12)22-16-13(18)11-23(19-20-8-4-9-21-19)17(16)15-7-3-10-25-15/h1-10,17H,11H2,(H,22,24). The fourth-order valence-electron chi connectivity index (χ4n) is 3.47. The molecule has 1 atom stereocenters. The molecule has 1 aromatic carbocycles. The van der Waals surface area contributed by atoms with Gasteiger partial charge in [-0.3, -0.25) is 4.79 Å². The summed E-state index contributed by atoms with van der Waals surface area (Å²) >= 11 is 1.67. The van der Waals surface area contributed by atoms with Gasteiger partial charge in [-0.2, -0.15) is 0 Å². The molecule has 1 aliphatic heterocycles. The smallest absolute Gasteiger partial charge is 0.226 e. The zero-order valence-electron chi connectivity index (χ0n) is 13.2. The molecule has 6 heteroatoms. The molecule has 3 aromatic heterocycles. The van der Waals surface area contributed by atoms with E-state index >= 15 is 0 Å². The minimum atomic E-state index is -0.0743. The largest absolute Gasteiger partial charge is 0.356 e. The third kappa shape index (κ3) is 2.18. The van der Waals surface area contributed by atoms with E-state index in [9.17, 15) is 4.79 Å². The quantitative estimate of drug-likeness (QED) is 0.603. The van der Waals surface area contributed by atoms with E-state index < -0.39 is 0 Å². The van der Waals surface area contributed by atoms with Gasteiger partial charge in [-0.05, 0) is 29.6 Å². The van der Waals surface area contributed by atoms with Gasteiger partial charge < -0.3 is 9.88 Å². The normalized spacial score (nSPS) is 16.3. The van der Waals surface area contributed by atoms with Gasteiger partial charge in [-0.25, -0.2) is 9.97 Å². The molecule has 1 unspecified atom stereocenters. The van der Waals surface area contributed by atoms with E-state index in [1.165, 1.54) is 0 Å². The number of hydrogen-bond donors (Lipinski definition) is 1. The molecule has 0 spiro atoms. The summed E-state index contributed by atoms with van der Waals surface area (Å²) < 4.78 is 0. The first kappa shape index (κ1) is 14.4. The monoisotopic (exact) mass is 346 g/mol. The first-order valence-corrected chi connectivity index (χ1v) is 8.92. The Hall–Kier alpha value is -2.99. The number of fused-ring (bicyclic) bond motifs is 2. The number of thiophene rings is 1. The van der Waals surface area contributed by atoms with Crippen molar-refractivity contribution in [1.82, 2.24) is 15.0 Å². The maximum absolute atomic E-state index is 13.0. The van der Waals surface area contributed by atoms with Crippen LogP contribution in [0.15, 0.2) is 65.0 Å². The molecular weight excluding hydrogens is 332 g/mol. The minimum absolute atomic E-state index is 0.0743. The van der Waals surface area contributed by atoms with E-state index in [1.807, 2.05) is 30.3 Å². The molecule has 1 aliphatic rings. The number of aromatic nitrogens is 3. The van der Waals surface area contributed by atoms with Crippen molar-refractivity contribution >= 4 is 28.2 Å². The van der Waals surface area contributed by atoms with Crippen molar-refractivity contribution in [2.24, 2.45) is 0 Å². The number of anilines is 1. The average molecular weight is 346 g/mol. The van der Waals surface area contributed by atoms with Crippen LogP contribution >= 0.6 is 11.3 Å². The molecule has 25 heavy (non-hydrogen) atoms. The second-order valence-corrected chi connectivity index (χ2v) is 6.97. The number of hydrogen-bond acceptors (Lipinski definition) is 5. The van der Waals surface area contributed by atoms with Crippen LogP contribution in [0.25, 0.3) is 10.9 Å². The predicted molar refractivity (Wildman–Crippen MR) is 98.9 cm³/mol. The van der Waals surface area contributed by atoms with Crippen LogP contribution in [0.3, 0.4) is 0 Å². The van der Waals surface area contributed by atoms with E-state index in [2.05, 4.69) is 31.3 Å². The Morgan fingerprint density at radius 2 is 1.92 bits per heavy atom. The zero-order chi connectivity index (χ0) is 16.8. The van der Waals surface area contributed by atoms with Gasteiger partial charge in [0.05, 0.1) is 12.2 Å². The Morgan fingerprint density at radius 1 is 1.08 bits per heavy atom. The molecule has 4 heterocycles. The number of aromatic amines is 1. The minimum Gasteiger partial charge on any atom is -0.356 e. The number of H-pyrrole nitrogens is 1. The van der Waals surface area contributed by atoms with Crippen molar-refractivity contribution in [2.45, 2.75) is 12.6 Å². The maximum Gasteiger partial charge on any atom is 0.226 e. The van der Waals surface area contributed by atoms with Gasteiger partial charge in [0, 0.05) is 33.7 Å². The first-order chi connectivity index (χ1) is 12.3. The van der Waals surface area contributed by atoms with E-state index in [0.717, 1.165) is 27.0 Å². The van der Waals surface area contributed by atoms with Crippen LogP contribution in [-0.2, 0) is 6.54 Å². The van der Waals surface area contributed by atoms with Crippen molar-refractivity contribution in [3.05, 3.63) is 86.6 Å². The topological polar surface area (TPSA) is 61.9 Å². The van der Waals surface area contributed by atoms with Crippen molar-refractivity contribution in [1.29, 1.82) is 0 Å². The lowest BCUT2D eigenvalue weighted by atomic mass is 10.1. The third-order valence-electron chi connectivity index (χ3n) is 4.58. The zero-order valence-corrected chi connectivity index (χ0v) is 14.0.